The summed E-state index contributed by atoms with van der Waals surface area (Å²) in [5.74, 6) is 1.74. The molecule has 2 aliphatic rings. The number of aromatic nitrogens is 3. The summed E-state index contributed by atoms with van der Waals surface area (Å²) in [6.45, 7) is 3.91. The number of thiazole rings is 1. The zero-order valence-corrected chi connectivity index (χ0v) is 12.7. The van der Waals surface area contributed by atoms with E-state index < -0.39 is 0 Å². The van der Waals surface area contributed by atoms with E-state index in [9.17, 15) is 0 Å². The summed E-state index contributed by atoms with van der Waals surface area (Å²) in [5.41, 5.74) is 0.338. The van der Waals surface area contributed by atoms with E-state index in [2.05, 4.69) is 14.9 Å². The second-order valence-electron chi connectivity index (χ2n) is 5.90. The molecule has 2 fully saturated rings. The van der Waals surface area contributed by atoms with Crippen molar-refractivity contribution in [2.45, 2.75) is 19.3 Å². The van der Waals surface area contributed by atoms with Crippen molar-refractivity contribution in [1.29, 1.82) is 0 Å². The Bertz CT molecular complexity index is 610. The zero-order chi connectivity index (χ0) is 14.1. The van der Waals surface area contributed by atoms with E-state index >= 15 is 0 Å². The Balaban J connectivity index is 1.59. The summed E-state index contributed by atoms with van der Waals surface area (Å²) in [5, 5.41) is 2.84. The van der Waals surface area contributed by atoms with Gasteiger partial charge >= 0.3 is 0 Å². The normalized spacial score (nSPS) is 25.6. The molecule has 2 aliphatic heterocycles. The van der Waals surface area contributed by atoms with Gasteiger partial charge in [0.15, 0.2) is 10.8 Å². The molecule has 2 aromatic rings. The molecule has 1 spiro atoms. The van der Waals surface area contributed by atoms with E-state index in [0.717, 1.165) is 43.0 Å². The molecule has 0 aliphatic carbocycles. The lowest BCUT2D eigenvalue weighted by atomic mass is 9.79. The van der Waals surface area contributed by atoms with Crippen LogP contribution in [-0.2, 0) is 4.74 Å². The standard InChI is InChI=1S/C15H18N4OS/c1-3-15(4-8-20-11-15)10-19(7-1)12-2-5-16-13(18-12)14-17-6-9-21-14/h2,5-6,9H,1,3-4,7-8,10-11H2. The Morgan fingerprint density at radius 3 is 3.05 bits per heavy atom. The summed E-state index contributed by atoms with van der Waals surface area (Å²) in [4.78, 5) is 15.8. The average molecular weight is 302 g/mol. The lowest BCUT2D eigenvalue weighted by Crippen LogP contribution is -2.44. The maximum absolute atomic E-state index is 5.64. The van der Waals surface area contributed by atoms with Gasteiger partial charge in [0.1, 0.15) is 5.82 Å². The third-order valence-electron chi connectivity index (χ3n) is 4.43. The van der Waals surface area contributed by atoms with Crippen molar-refractivity contribution < 1.29 is 4.74 Å². The van der Waals surface area contributed by atoms with E-state index in [1.54, 1.807) is 17.5 Å². The highest BCUT2D eigenvalue weighted by molar-refractivity contribution is 7.12. The van der Waals surface area contributed by atoms with Crippen LogP contribution in [0, 0.1) is 5.41 Å². The number of piperidine rings is 1. The highest BCUT2D eigenvalue weighted by atomic mass is 32.1. The van der Waals surface area contributed by atoms with Crippen LogP contribution < -0.4 is 4.90 Å². The predicted octanol–water partition coefficient (Wildman–Crippen LogP) is 2.61. The van der Waals surface area contributed by atoms with Crippen LogP contribution in [-0.4, -0.2) is 41.3 Å². The Kier molecular flexibility index (Phi) is 3.35. The molecule has 0 radical (unpaired) electrons. The van der Waals surface area contributed by atoms with Crippen LogP contribution in [0.3, 0.4) is 0 Å². The van der Waals surface area contributed by atoms with Gasteiger partial charge in [-0.2, -0.15) is 0 Å². The van der Waals surface area contributed by atoms with Crippen LogP contribution in [0.5, 0.6) is 0 Å². The highest BCUT2D eigenvalue weighted by Gasteiger charge is 2.39. The van der Waals surface area contributed by atoms with Crippen molar-refractivity contribution >= 4 is 17.2 Å². The van der Waals surface area contributed by atoms with Crippen molar-refractivity contribution in [2.24, 2.45) is 5.41 Å². The molecule has 2 aromatic heterocycles. The van der Waals surface area contributed by atoms with Gasteiger partial charge in [-0.15, -0.1) is 11.3 Å². The van der Waals surface area contributed by atoms with Gasteiger partial charge in [-0.3, -0.25) is 0 Å². The second kappa shape index (κ2) is 5.35. The van der Waals surface area contributed by atoms with Crippen molar-refractivity contribution in [1.82, 2.24) is 15.0 Å². The topological polar surface area (TPSA) is 51.1 Å². The molecule has 4 heterocycles. The van der Waals surface area contributed by atoms with Gasteiger partial charge in [-0.05, 0) is 25.3 Å². The fraction of sp³-hybridized carbons (Fsp3) is 0.533. The molecule has 2 saturated heterocycles. The maximum Gasteiger partial charge on any atom is 0.190 e. The molecule has 110 valence electrons. The first-order chi connectivity index (χ1) is 10.3. The number of hydrogen-bond acceptors (Lipinski definition) is 6. The van der Waals surface area contributed by atoms with E-state index in [1.807, 2.05) is 17.6 Å². The third-order valence-corrected chi connectivity index (χ3v) is 5.20. The van der Waals surface area contributed by atoms with Gasteiger partial charge < -0.3 is 9.64 Å². The Labute approximate surface area is 128 Å². The van der Waals surface area contributed by atoms with Crippen LogP contribution in [0.25, 0.3) is 10.8 Å². The van der Waals surface area contributed by atoms with Crippen LogP contribution in [0.4, 0.5) is 5.82 Å². The van der Waals surface area contributed by atoms with Crippen LogP contribution in [0.1, 0.15) is 19.3 Å². The van der Waals surface area contributed by atoms with Gasteiger partial charge in [0.05, 0.1) is 6.61 Å². The molecule has 21 heavy (non-hydrogen) atoms. The lowest BCUT2D eigenvalue weighted by molar-refractivity contribution is 0.139. The summed E-state index contributed by atoms with van der Waals surface area (Å²) in [6, 6.07) is 2.01. The number of anilines is 1. The Morgan fingerprint density at radius 2 is 2.24 bits per heavy atom. The van der Waals surface area contributed by atoms with E-state index in [0.29, 0.717) is 5.41 Å². The Morgan fingerprint density at radius 1 is 1.24 bits per heavy atom. The molecule has 0 saturated carbocycles. The van der Waals surface area contributed by atoms with Gasteiger partial charge in [-0.1, -0.05) is 0 Å². The van der Waals surface area contributed by atoms with Crippen LogP contribution >= 0.6 is 11.3 Å². The van der Waals surface area contributed by atoms with Gasteiger partial charge in [-0.25, -0.2) is 15.0 Å². The average Bonchev–Trinajstić information content (AvgIpc) is 3.20. The number of rotatable bonds is 2. The zero-order valence-electron chi connectivity index (χ0n) is 11.9. The molecule has 1 unspecified atom stereocenters. The van der Waals surface area contributed by atoms with Crippen molar-refractivity contribution in [3.8, 4) is 10.8 Å². The van der Waals surface area contributed by atoms with E-state index in [-0.39, 0.29) is 0 Å². The molecule has 0 bridgehead atoms. The van der Waals surface area contributed by atoms with Crippen molar-refractivity contribution in [3.05, 3.63) is 23.8 Å². The first-order valence-corrected chi connectivity index (χ1v) is 8.28. The fourth-order valence-electron chi connectivity index (χ4n) is 3.34. The van der Waals surface area contributed by atoms with E-state index in [1.165, 1.54) is 19.3 Å². The van der Waals surface area contributed by atoms with Gasteiger partial charge in [0.25, 0.3) is 0 Å². The van der Waals surface area contributed by atoms with Gasteiger partial charge in [0.2, 0.25) is 0 Å². The first kappa shape index (κ1) is 13.2. The quantitative estimate of drug-likeness (QED) is 0.853. The smallest absolute Gasteiger partial charge is 0.190 e. The second-order valence-corrected chi connectivity index (χ2v) is 6.80. The maximum atomic E-state index is 5.64. The number of hydrogen-bond donors (Lipinski definition) is 0. The third kappa shape index (κ3) is 2.53. The fourth-order valence-corrected chi connectivity index (χ4v) is 3.91. The summed E-state index contributed by atoms with van der Waals surface area (Å²) < 4.78 is 5.64. The molecular weight excluding hydrogens is 284 g/mol. The molecule has 0 amide bonds. The minimum Gasteiger partial charge on any atom is -0.381 e. The monoisotopic (exact) mass is 302 g/mol. The number of ether oxygens (including phenoxy) is 1. The summed E-state index contributed by atoms with van der Waals surface area (Å²) in [7, 11) is 0. The molecular formula is C15H18N4OS. The molecule has 6 heteroatoms. The summed E-state index contributed by atoms with van der Waals surface area (Å²) >= 11 is 1.58. The lowest BCUT2D eigenvalue weighted by Gasteiger charge is -2.40. The minimum absolute atomic E-state index is 0.338. The molecule has 0 N–H and O–H groups in total. The molecule has 4 rings (SSSR count). The predicted molar refractivity (Wildman–Crippen MR) is 82.5 cm³/mol. The van der Waals surface area contributed by atoms with Crippen LogP contribution in [0.2, 0.25) is 0 Å². The highest BCUT2D eigenvalue weighted by Crippen LogP contribution is 2.38. The van der Waals surface area contributed by atoms with Crippen molar-refractivity contribution in [3.63, 3.8) is 0 Å². The minimum atomic E-state index is 0.338. The SMILES string of the molecule is c1cc(N2CCCC3(CCOC3)C2)nc(-c2nccs2)n1. The molecule has 5 nitrogen and oxygen atoms in total. The van der Waals surface area contributed by atoms with Crippen molar-refractivity contribution in [2.75, 3.05) is 31.2 Å². The summed E-state index contributed by atoms with van der Waals surface area (Å²) in [6.07, 6.45) is 7.29. The Hall–Kier alpha value is -1.53. The molecule has 1 atom stereocenters. The largest absolute Gasteiger partial charge is 0.381 e. The van der Waals surface area contributed by atoms with E-state index in [4.69, 9.17) is 9.72 Å². The number of nitrogens with zero attached hydrogens (tertiary/aromatic N) is 4. The van der Waals surface area contributed by atoms with Gasteiger partial charge in [0, 0.05) is 42.9 Å². The van der Waals surface area contributed by atoms with Crippen LogP contribution in [0.15, 0.2) is 23.8 Å². The molecule has 0 aromatic carbocycles. The first-order valence-electron chi connectivity index (χ1n) is 7.40.